The average Bonchev–Trinajstić information content (AvgIpc) is 2.50. The van der Waals surface area contributed by atoms with Crippen LogP contribution in [0.3, 0.4) is 0 Å². The normalized spacial score (nSPS) is 13.7. The number of Topliss-reactive ketones (excluding diaryl/α,β-unsaturated/α-hetero) is 1. The molecule has 0 heterocycles. The molecule has 0 fully saturated rings. The summed E-state index contributed by atoms with van der Waals surface area (Å²) < 4.78 is 14.9. The van der Waals surface area contributed by atoms with Crippen molar-refractivity contribution in [2.75, 3.05) is 6.61 Å². The lowest BCUT2D eigenvalue weighted by Crippen LogP contribution is -2.35. The Morgan fingerprint density at radius 2 is 1.90 bits per heavy atom. The van der Waals surface area contributed by atoms with Gasteiger partial charge < -0.3 is 5.11 Å². The van der Waals surface area contributed by atoms with Crippen LogP contribution in [0.1, 0.15) is 29.3 Å². The van der Waals surface area contributed by atoms with Gasteiger partial charge in [0.2, 0.25) is 0 Å². The van der Waals surface area contributed by atoms with Crippen LogP contribution in [0.2, 0.25) is 0 Å². The number of carbonyl (C=O) groups is 1. The Balaban J connectivity index is 2.55. The van der Waals surface area contributed by atoms with Crippen LogP contribution in [-0.2, 0) is 5.41 Å². The molecular formula is C17H16BrFO2. The summed E-state index contributed by atoms with van der Waals surface area (Å²) in [5.41, 5.74) is -0.308. The van der Waals surface area contributed by atoms with Crippen molar-refractivity contribution in [1.82, 2.24) is 0 Å². The Morgan fingerprint density at radius 3 is 2.52 bits per heavy atom. The highest BCUT2D eigenvalue weighted by molar-refractivity contribution is 9.10. The second-order valence-electron chi connectivity index (χ2n) is 5.13. The molecule has 21 heavy (non-hydrogen) atoms. The van der Waals surface area contributed by atoms with Gasteiger partial charge in [-0.2, -0.15) is 0 Å². The second kappa shape index (κ2) is 6.50. The predicted molar refractivity (Wildman–Crippen MR) is 83.9 cm³/mol. The number of aliphatic hydroxyl groups excluding tert-OH is 1. The summed E-state index contributed by atoms with van der Waals surface area (Å²) in [6.07, 6.45) is 0.161. The fraction of sp³-hybridized carbons (Fsp3) is 0.235. The number of ketones is 1. The number of aliphatic hydroxyl groups is 1. The summed E-state index contributed by atoms with van der Waals surface area (Å²) in [5.74, 6) is -0.646. The van der Waals surface area contributed by atoms with Crippen LogP contribution in [-0.4, -0.2) is 17.5 Å². The van der Waals surface area contributed by atoms with E-state index in [0.29, 0.717) is 15.6 Å². The standard InChI is InChI=1S/C17H16BrFO2/c1-17(9-10-20,14-11-13(18)7-8-15(14)19)16(21)12-5-3-2-4-6-12/h2-8,11,20H,9-10H2,1H3/t17-/m0/s1. The van der Waals surface area contributed by atoms with E-state index in [1.165, 1.54) is 6.07 Å². The van der Waals surface area contributed by atoms with Crippen molar-refractivity contribution in [3.63, 3.8) is 0 Å². The van der Waals surface area contributed by atoms with Crippen molar-refractivity contribution in [3.05, 3.63) is 69.9 Å². The first kappa shape index (κ1) is 15.9. The monoisotopic (exact) mass is 350 g/mol. The topological polar surface area (TPSA) is 37.3 Å². The van der Waals surface area contributed by atoms with Crippen LogP contribution in [0.4, 0.5) is 4.39 Å². The highest BCUT2D eigenvalue weighted by atomic mass is 79.9. The lowest BCUT2D eigenvalue weighted by molar-refractivity contribution is 0.0862. The van der Waals surface area contributed by atoms with E-state index in [-0.39, 0.29) is 18.8 Å². The maximum absolute atomic E-state index is 14.2. The fourth-order valence-corrected chi connectivity index (χ4v) is 2.78. The van der Waals surface area contributed by atoms with Crippen LogP contribution in [0.25, 0.3) is 0 Å². The van der Waals surface area contributed by atoms with Crippen molar-refractivity contribution < 1.29 is 14.3 Å². The lowest BCUT2D eigenvalue weighted by Gasteiger charge is -2.28. The van der Waals surface area contributed by atoms with Gasteiger partial charge in [0.15, 0.2) is 5.78 Å². The molecule has 0 saturated carbocycles. The molecule has 2 aromatic rings. The number of rotatable bonds is 5. The van der Waals surface area contributed by atoms with Crippen LogP contribution < -0.4 is 0 Å². The number of carbonyl (C=O) groups excluding carboxylic acids is 1. The van der Waals surface area contributed by atoms with Gasteiger partial charge in [-0.05, 0) is 31.5 Å². The van der Waals surface area contributed by atoms with E-state index in [4.69, 9.17) is 0 Å². The summed E-state index contributed by atoms with van der Waals surface area (Å²) in [4.78, 5) is 12.8. The van der Waals surface area contributed by atoms with Crippen molar-refractivity contribution in [2.45, 2.75) is 18.8 Å². The summed E-state index contributed by atoms with van der Waals surface area (Å²) in [6, 6.07) is 13.3. The average molecular weight is 351 g/mol. The third-order valence-corrected chi connectivity index (χ3v) is 4.17. The van der Waals surface area contributed by atoms with E-state index in [2.05, 4.69) is 15.9 Å². The van der Waals surface area contributed by atoms with Crippen molar-refractivity contribution in [1.29, 1.82) is 0 Å². The van der Waals surface area contributed by atoms with Crippen LogP contribution in [0, 0.1) is 5.82 Å². The molecule has 2 aromatic carbocycles. The maximum Gasteiger partial charge on any atom is 0.173 e. The SMILES string of the molecule is C[C@@](CCO)(C(=O)c1ccccc1)c1cc(Br)ccc1F. The minimum atomic E-state index is -1.11. The molecule has 0 spiro atoms. The van der Waals surface area contributed by atoms with Gasteiger partial charge in [0, 0.05) is 22.2 Å². The molecule has 2 rings (SSSR count). The first-order valence-corrected chi connectivity index (χ1v) is 7.44. The molecule has 4 heteroatoms. The zero-order valence-corrected chi connectivity index (χ0v) is 13.2. The van der Waals surface area contributed by atoms with E-state index in [1.807, 2.05) is 6.07 Å². The molecule has 0 aliphatic carbocycles. The molecular weight excluding hydrogens is 335 g/mol. The molecule has 2 nitrogen and oxygen atoms in total. The first-order chi connectivity index (χ1) is 9.99. The van der Waals surface area contributed by atoms with Crippen molar-refractivity contribution >= 4 is 21.7 Å². The molecule has 1 N–H and O–H groups in total. The quantitative estimate of drug-likeness (QED) is 0.823. The maximum atomic E-state index is 14.2. The Labute approximate surface area is 131 Å². The van der Waals surface area contributed by atoms with Gasteiger partial charge in [-0.3, -0.25) is 4.79 Å². The largest absolute Gasteiger partial charge is 0.396 e. The van der Waals surface area contributed by atoms with Gasteiger partial charge in [0.05, 0.1) is 5.41 Å². The zero-order valence-electron chi connectivity index (χ0n) is 11.6. The fourth-order valence-electron chi connectivity index (χ4n) is 2.42. The third-order valence-electron chi connectivity index (χ3n) is 3.67. The van der Waals surface area contributed by atoms with E-state index >= 15 is 0 Å². The Kier molecular flexibility index (Phi) is 4.91. The lowest BCUT2D eigenvalue weighted by atomic mass is 9.73. The molecule has 0 saturated heterocycles. The molecule has 0 bridgehead atoms. The Morgan fingerprint density at radius 1 is 1.24 bits per heavy atom. The van der Waals surface area contributed by atoms with Crippen molar-refractivity contribution in [3.8, 4) is 0 Å². The van der Waals surface area contributed by atoms with E-state index in [0.717, 1.165) is 0 Å². The summed E-state index contributed by atoms with van der Waals surface area (Å²) in [7, 11) is 0. The van der Waals surface area contributed by atoms with Gasteiger partial charge in [-0.1, -0.05) is 46.3 Å². The Bertz CT molecular complexity index is 642. The Hall–Kier alpha value is -1.52. The van der Waals surface area contributed by atoms with Crippen LogP contribution in [0.5, 0.6) is 0 Å². The zero-order chi connectivity index (χ0) is 15.5. The highest BCUT2D eigenvalue weighted by Gasteiger charge is 2.37. The summed E-state index contributed by atoms with van der Waals surface area (Å²) in [6.45, 7) is 1.48. The van der Waals surface area contributed by atoms with Gasteiger partial charge in [0.25, 0.3) is 0 Å². The van der Waals surface area contributed by atoms with Crippen LogP contribution in [0.15, 0.2) is 53.0 Å². The number of hydrogen-bond donors (Lipinski definition) is 1. The van der Waals surface area contributed by atoms with Gasteiger partial charge in [0.1, 0.15) is 5.82 Å². The molecule has 0 amide bonds. The first-order valence-electron chi connectivity index (χ1n) is 6.65. The van der Waals surface area contributed by atoms with Gasteiger partial charge in [-0.15, -0.1) is 0 Å². The van der Waals surface area contributed by atoms with E-state index in [1.54, 1.807) is 43.3 Å². The second-order valence-corrected chi connectivity index (χ2v) is 6.04. The predicted octanol–water partition coefficient (Wildman–Crippen LogP) is 4.11. The highest BCUT2D eigenvalue weighted by Crippen LogP contribution is 2.34. The molecule has 0 aromatic heterocycles. The molecule has 110 valence electrons. The van der Waals surface area contributed by atoms with Crippen LogP contribution >= 0.6 is 15.9 Å². The number of hydrogen-bond acceptors (Lipinski definition) is 2. The van der Waals surface area contributed by atoms with Gasteiger partial charge >= 0.3 is 0 Å². The van der Waals surface area contributed by atoms with E-state index in [9.17, 15) is 14.3 Å². The smallest absolute Gasteiger partial charge is 0.173 e. The minimum absolute atomic E-state index is 0.161. The summed E-state index contributed by atoms with van der Waals surface area (Å²) >= 11 is 3.30. The van der Waals surface area contributed by atoms with Crippen molar-refractivity contribution in [2.24, 2.45) is 0 Å². The minimum Gasteiger partial charge on any atom is -0.396 e. The number of benzene rings is 2. The molecule has 0 radical (unpaired) electrons. The molecule has 0 aliphatic rings. The van der Waals surface area contributed by atoms with E-state index < -0.39 is 11.2 Å². The number of halogens is 2. The molecule has 1 atom stereocenters. The summed E-state index contributed by atoms with van der Waals surface area (Å²) in [5, 5.41) is 9.33. The third kappa shape index (κ3) is 3.22. The van der Waals surface area contributed by atoms with Gasteiger partial charge in [-0.25, -0.2) is 4.39 Å². The molecule has 0 aliphatic heterocycles. The molecule has 0 unspecified atom stereocenters.